The summed E-state index contributed by atoms with van der Waals surface area (Å²) < 4.78 is 5.91. The van der Waals surface area contributed by atoms with E-state index in [-0.39, 0.29) is 16.3 Å². The highest BCUT2D eigenvalue weighted by molar-refractivity contribution is 8.01. The van der Waals surface area contributed by atoms with E-state index in [2.05, 4.69) is 24.3 Å². The first kappa shape index (κ1) is 16.7. The second-order valence-corrected chi connectivity index (χ2v) is 9.36. The van der Waals surface area contributed by atoms with E-state index in [1.807, 2.05) is 29.2 Å². The fourth-order valence-electron chi connectivity index (χ4n) is 4.17. The van der Waals surface area contributed by atoms with E-state index in [0.717, 1.165) is 35.7 Å². The summed E-state index contributed by atoms with van der Waals surface area (Å²) in [4.78, 5) is 16.4. The van der Waals surface area contributed by atoms with Crippen LogP contribution in [-0.4, -0.2) is 28.6 Å². The Morgan fingerprint density at radius 2 is 1.85 bits per heavy atom. The van der Waals surface area contributed by atoms with E-state index in [0.29, 0.717) is 13.2 Å². The zero-order valence-corrected chi connectivity index (χ0v) is 16.0. The van der Waals surface area contributed by atoms with E-state index in [1.165, 1.54) is 11.1 Å². The summed E-state index contributed by atoms with van der Waals surface area (Å²) in [6.45, 7) is 2.10. The van der Waals surface area contributed by atoms with Crippen molar-refractivity contribution in [3.63, 3.8) is 0 Å². The number of thioether (sulfide) groups is 1. The summed E-state index contributed by atoms with van der Waals surface area (Å²) in [5.41, 5.74) is 2.23. The van der Waals surface area contributed by atoms with Crippen molar-refractivity contribution in [1.82, 2.24) is 4.90 Å². The number of hydrogen-bond acceptors (Lipinski definition) is 3. The van der Waals surface area contributed by atoms with Crippen LogP contribution in [0.2, 0.25) is 5.02 Å². The van der Waals surface area contributed by atoms with Crippen molar-refractivity contribution in [2.24, 2.45) is 0 Å². The second-order valence-electron chi connectivity index (χ2n) is 7.47. The molecule has 2 heterocycles. The number of fused-ring (bicyclic) bond motifs is 2. The highest BCUT2D eigenvalue weighted by Crippen LogP contribution is 2.54. The van der Waals surface area contributed by atoms with Gasteiger partial charge in [0.1, 0.15) is 5.60 Å². The average molecular weight is 386 g/mol. The molecule has 0 aromatic heterocycles. The molecule has 2 aliphatic heterocycles. The summed E-state index contributed by atoms with van der Waals surface area (Å²) in [6, 6.07) is 16.2. The van der Waals surface area contributed by atoms with Gasteiger partial charge in [-0.3, -0.25) is 4.79 Å². The molecule has 1 amide bonds. The maximum absolute atomic E-state index is 13.3. The van der Waals surface area contributed by atoms with Crippen molar-refractivity contribution in [2.45, 2.75) is 41.1 Å². The Morgan fingerprint density at radius 3 is 2.62 bits per heavy atom. The number of ether oxygens (including phenoxy) is 1. The zero-order valence-electron chi connectivity index (χ0n) is 14.4. The Hall–Kier alpha value is -1.49. The zero-order chi connectivity index (χ0) is 17.8. The summed E-state index contributed by atoms with van der Waals surface area (Å²) in [5.74, 6) is 0.266. The summed E-state index contributed by atoms with van der Waals surface area (Å²) in [6.07, 6.45) is 2.78. The Morgan fingerprint density at radius 1 is 1.08 bits per heavy atom. The van der Waals surface area contributed by atoms with Crippen molar-refractivity contribution in [3.05, 3.63) is 64.7 Å². The van der Waals surface area contributed by atoms with E-state index in [4.69, 9.17) is 16.3 Å². The molecule has 3 aliphatic rings. The standard InChI is InChI=1S/C21H20ClNO2S/c22-16-5-7-17(8-6-16)26-21(9-10-21)19(24)23-12-11-20(14-23)18-4-2-1-3-15(18)13-25-20/h1-8H,9-14H2. The van der Waals surface area contributed by atoms with Gasteiger partial charge >= 0.3 is 0 Å². The maximum Gasteiger partial charge on any atom is 0.239 e. The van der Waals surface area contributed by atoms with Gasteiger partial charge in [0.2, 0.25) is 5.91 Å². The third-order valence-corrected chi connectivity index (χ3v) is 7.49. The first-order valence-electron chi connectivity index (χ1n) is 9.07. The third-order valence-electron chi connectivity index (χ3n) is 5.75. The van der Waals surface area contributed by atoms with E-state index < -0.39 is 0 Å². The van der Waals surface area contributed by atoms with Gasteiger partial charge in [0.05, 0.1) is 17.9 Å². The smallest absolute Gasteiger partial charge is 0.239 e. The number of amides is 1. The molecule has 0 radical (unpaired) electrons. The number of rotatable bonds is 3. The molecule has 1 unspecified atom stereocenters. The Kier molecular flexibility index (Phi) is 3.85. The van der Waals surface area contributed by atoms with E-state index in [9.17, 15) is 4.79 Å². The van der Waals surface area contributed by atoms with Gasteiger partial charge in [0, 0.05) is 16.5 Å². The summed E-state index contributed by atoms with van der Waals surface area (Å²) in [5, 5.41) is 0.726. The lowest BCUT2D eigenvalue weighted by atomic mass is 9.92. The van der Waals surface area contributed by atoms with Crippen LogP contribution in [-0.2, 0) is 21.7 Å². The Labute approximate surface area is 162 Å². The maximum atomic E-state index is 13.3. The molecule has 5 heteroatoms. The number of hydrogen-bond donors (Lipinski definition) is 0. The lowest BCUT2D eigenvalue weighted by Crippen LogP contribution is -2.40. The van der Waals surface area contributed by atoms with Crippen molar-refractivity contribution in [1.29, 1.82) is 0 Å². The van der Waals surface area contributed by atoms with Crippen LogP contribution in [0.1, 0.15) is 30.4 Å². The molecule has 5 rings (SSSR count). The van der Waals surface area contributed by atoms with Gasteiger partial charge in [-0.1, -0.05) is 35.9 Å². The second kappa shape index (κ2) is 6.01. The predicted molar refractivity (Wildman–Crippen MR) is 103 cm³/mol. The lowest BCUT2D eigenvalue weighted by Gasteiger charge is -2.27. The molecule has 1 saturated heterocycles. The first-order chi connectivity index (χ1) is 12.6. The van der Waals surface area contributed by atoms with Gasteiger partial charge in [-0.05, 0) is 54.7 Å². The quantitative estimate of drug-likeness (QED) is 0.771. The van der Waals surface area contributed by atoms with Gasteiger partial charge < -0.3 is 9.64 Å². The first-order valence-corrected chi connectivity index (χ1v) is 10.3. The topological polar surface area (TPSA) is 29.5 Å². The number of likely N-dealkylation sites (tertiary alicyclic amines) is 1. The third kappa shape index (κ3) is 2.67. The van der Waals surface area contributed by atoms with Gasteiger partial charge in [0.25, 0.3) is 0 Å². The predicted octanol–water partition coefficient (Wildman–Crippen LogP) is 4.62. The molecular formula is C21H20ClNO2S. The molecule has 3 nitrogen and oxygen atoms in total. The number of carbonyl (C=O) groups excluding carboxylic acids is 1. The van der Waals surface area contributed by atoms with Crippen molar-refractivity contribution >= 4 is 29.3 Å². The fourth-order valence-corrected chi connectivity index (χ4v) is 5.54. The molecule has 1 atom stereocenters. The highest BCUT2D eigenvalue weighted by atomic mass is 35.5. The lowest BCUT2D eigenvalue weighted by molar-refractivity contribution is -0.132. The summed E-state index contributed by atoms with van der Waals surface area (Å²) in [7, 11) is 0. The van der Waals surface area contributed by atoms with Crippen LogP contribution in [0.15, 0.2) is 53.4 Å². The molecule has 1 aliphatic carbocycles. The molecule has 134 valence electrons. The normalized spacial score (nSPS) is 25.5. The van der Waals surface area contributed by atoms with Crippen LogP contribution in [0.5, 0.6) is 0 Å². The molecule has 1 spiro atoms. The van der Waals surface area contributed by atoms with Crippen molar-refractivity contribution in [3.8, 4) is 0 Å². The largest absolute Gasteiger partial charge is 0.364 e. The molecule has 0 N–H and O–H groups in total. The van der Waals surface area contributed by atoms with Crippen molar-refractivity contribution < 1.29 is 9.53 Å². The SMILES string of the molecule is O=C(N1CCC2(C1)OCc1ccccc12)C1(Sc2ccc(Cl)cc2)CC1. The molecule has 2 aromatic carbocycles. The minimum Gasteiger partial charge on any atom is -0.364 e. The van der Waals surface area contributed by atoms with E-state index in [1.54, 1.807) is 11.8 Å². The van der Waals surface area contributed by atoms with Crippen LogP contribution < -0.4 is 0 Å². The highest BCUT2D eigenvalue weighted by Gasteiger charge is 2.56. The number of benzene rings is 2. The molecular weight excluding hydrogens is 366 g/mol. The number of nitrogens with zero attached hydrogens (tertiary/aromatic N) is 1. The van der Waals surface area contributed by atoms with Gasteiger partial charge in [-0.25, -0.2) is 0 Å². The van der Waals surface area contributed by atoms with Crippen LogP contribution in [0.3, 0.4) is 0 Å². The van der Waals surface area contributed by atoms with Gasteiger partial charge in [-0.15, -0.1) is 11.8 Å². The molecule has 0 bridgehead atoms. The van der Waals surface area contributed by atoms with Crippen LogP contribution in [0.4, 0.5) is 0 Å². The monoisotopic (exact) mass is 385 g/mol. The average Bonchev–Trinajstić information content (AvgIpc) is 3.18. The van der Waals surface area contributed by atoms with E-state index >= 15 is 0 Å². The van der Waals surface area contributed by atoms with Gasteiger partial charge in [-0.2, -0.15) is 0 Å². The Balaban J connectivity index is 1.34. The van der Waals surface area contributed by atoms with Crippen molar-refractivity contribution in [2.75, 3.05) is 13.1 Å². The minimum atomic E-state index is -0.298. The van der Waals surface area contributed by atoms with Gasteiger partial charge in [0.15, 0.2) is 0 Å². The fraction of sp³-hybridized carbons (Fsp3) is 0.381. The Bertz CT molecular complexity index is 865. The molecule has 2 fully saturated rings. The number of halogens is 1. The van der Waals surface area contributed by atoms with Crippen LogP contribution >= 0.6 is 23.4 Å². The summed E-state index contributed by atoms with van der Waals surface area (Å²) >= 11 is 7.66. The molecule has 2 aromatic rings. The molecule has 26 heavy (non-hydrogen) atoms. The number of carbonyl (C=O) groups is 1. The minimum absolute atomic E-state index is 0.266. The van der Waals surface area contributed by atoms with Crippen LogP contribution in [0.25, 0.3) is 0 Å². The molecule has 1 saturated carbocycles. The van der Waals surface area contributed by atoms with Crippen LogP contribution in [0, 0.1) is 0 Å².